The fourth-order valence-corrected chi connectivity index (χ4v) is 3.52. The van der Waals surface area contributed by atoms with E-state index >= 15 is 0 Å². The van der Waals surface area contributed by atoms with Crippen molar-refractivity contribution in [1.82, 2.24) is 10.2 Å². The molecule has 22 heavy (non-hydrogen) atoms. The van der Waals surface area contributed by atoms with Crippen LogP contribution in [0.15, 0.2) is 24.3 Å². The number of nitrogens with one attached hydrogen (secondary N) is 1. The van der Waals surface area contributed by atoms with Crippen LogP contribution in [0.25, 0.3) is 0 Å². The lowest BCUT2D eigenvalue weighted by Crippen LogP contribution is -2.40. The topological polar surface area (TPSA) is 49.4 Å². The number of amides is 2. The summed E-state index contributed by atoms with van der Waals surface area (Å²) in [5, 5.41) is 2.69. The summed E-state index contributed by atoms with van der Waals surface area (Å²) in [6.45, 7) is 0.293. The molecule has 0 aromatic heterocycles. The summed E-state index contributed by atoms with van der Waals surface area (Å²) in [7, 11) is 1.84. The quantitative estimate of drug-likeness (QED) is 0.904. The Kier molecular flexibility index (Phi) is 6.24. The molecule has 1 N–H and O–H groups in total. The number of hydrogen-bond donors (Lipinski definition) is 1. The fourth-order valence-electron chi connectivity index (χ4n) is 2.44. The Morgan fingerprint density at radius 3 is 2.55 bits per heavy atom. The van der Waals surface area contributed by atoms with Gasteiger partial charge in [-0.2, -0.15) is 11.8 Å². The monoisotopic (exact) mass is 324 g/mol. The minimum atomic E-state index is -0.376. The van der Waals surface area contributed by atoms with Gasteiger partial charge in [0, 0.05) is 31.6 Å². The van der Waals surface area contributed by atoms with Crippen LogP contribution >= 0.6 is 11.8 Å². The zero-order valence-electron chi connectivity index (χ0n) is 12.7. The SMILES string of the molecule is CN(C(=O)CCNC(=O)c1ccc(F)cc1)C1CCSCC1. The third kappa shape index (κ3) is 4.73. The largest absolute Gasteiger partial charge is 0.352 e. The molecule has 0 atom stereocenters. The first kappa shape index (κ1) is 16.8. The average molecular weight is 324 g/mol. The molecule has 0 bridgehead atoms. The van der Waals surface area contributed by atoms with Gasteiger partial charge >= 0.3 is 0 Å². The first-order valence-corrected chi connectivity index (χ1v) is 8.60. The van der Waals surface area contributed by atoms with E-state index in [9.17, 15) is 14.0 Å². The molecule has 1 aromatic carbocycles. The van der Waals surface area contributed by atoms with Crippen molar-refractivity contribution in [2.24, 2.45) is 0 Å². The predicted octanol–water partition coefficient (Wildman–Crippen LogP) is 2.30. The van der Waals surface area contributed by atoms with Crippen LogP contribution in [-0.2, 0) is 4.79 Å². The predicted molar refractivity (Wildman–Crippen MR) is 86.5 cm³/mol. The van der Waals surface area contributed by atoms with Crippen LogP contribution in [-0.4, -0.2) is 47.9 Å². The van der Waals surface area contributed by atoms with Crippen LogP contribution in [0.3, 0.4) is 0 Å². The molecule has 0 spiro atoms. The van der Waals surface area contributed by atoms with Crippen molar-refractivity contribution in [3.8, 4) is 0 Å². The molecule has 1 saturated heterocycles. The van der Waals surface area contributed by atoms with Gasteiger partial charge in [0.05, 0.1) is 0 Å². The van der Waals surface area contributed by atoms with Crippen LogP contribution in [0.1, 0.15) is 29.6 Å². The van der Waals surface area contributed by atoms with Gasteiger partial charge in [0.2, 0.25) is 5.91 Å². The average Bonchev–Trinajstić information content (AvgIpc) is 2.55. The maximum Gasteiger partial charge on any atom is 0.251 e. The summed E-state index contributed by atoms with van der Waals surface area (Å²) in [6, 6.07) is 5.67. The van der Waals surface area contributed by atoms with E-state index in [1.165, 1.54) is 24.3 Å². The van der Waals surface area contributed by atoms with Gasteiger partial charge in [-0.25, -0.2) is 4.39 Å². The third-order valence-corrected chi connectivity index (χ3v) is 4.91. The molecule has 1 aliphatic rings. The minimum absolute atomic E-state index is 0.0521. The maximum absolute atomic E-state index is 12.8. The smallest absolute Gasteiger partial charge is 0.251 e. The Morgan fingerprint density at radius 1 is 1.27 bits per heavy atom. The normalized spacial score (nSPS) is 15.4. The number of hydrogen-bond acceptors (Lipinski definition) is 3. The van der Waals surface area contributed by atoms with Gasteiger partial charge in [0.15, 0.2) is 0 Å². The van der Waals surface area contributed by atoms with Crippen molar-refractivity contribution >= 4 is 23.6 Å². The van der Waals surface area contributed by atoms with Crippen molar-refractivity contribution in [2.45, 2.75) is 25.3 Å². The van der Waals surface area contributed by atoms with E-state index in [0.29, 0.717) is 18.2 Å². The lowest BCUT2D eigenvalue weighted by atomic mass is 10.1. The number of nitrogens with zero attached hydrogens (tertiary/aromatic N) is 1. The molecule has 0 unspecified atom stereocenters. The second-order valence-electron chi connectivity index (χ2n) is 5.36. The molecular formula is C16H21FN2O2S. The second kappa shape index (κ2) is 8.17. The molecule has 4 nitrogen and oxygen atoms in total. The molecule has 1 heterocycles. The Morgan fingerprint density at radius 2 is 1.91 bits per heavy atom. The van der Waals surface area contributed by atoms with Gasteiger partial charge in [-0.05, 0) is 48.6 Å². The Balaban J connectivity index is 1.74. The van der Waals surface area contributed by atoms with Gasteiger partial charge in [-0.3, -0.25) is 9.59 Å². The maximum atomic E-state index is 12.8. The van der Waals surface area contributed by atoms with E-state index in [1.54, 1.807) is 0 Å². The zero-order valence-corrected chi connectivity index (χ0v) is 13.5. The molecule has 2 rings (SSSR count). The third-order valence-electron chi connectivity index (χ3n) is 3.86. The van der Waals surface area contributed by atoms with E-state index in [1.807, 2.05) is 23.7 Å². The van der Waals surface area contributed by atoms with Crippen molar-refractivity contribution in [1.29, 1.82) is 0 Å². The van der Waals surface area contributed by atoms with Crippen molar-refractivity contribution in [2.75, 3.05) is 25.1 Å². The standard InChI is InChI=1S/C16H21FN2O2S/c1-19(14-7-10-22-11-8-14)15(20)6-9-18-16(21)12-2-4-13(17)5-3-12/h2-5,14H,6-11H2,1H3,(H,18,21). The van der Waals surface area contributed by atoms with E-state index < -0.39 is 0 Å². The van der Waals surface area contributed by atoms with Crippen LogP contribution in [0, 0.1) is 5.82 Å². The van der Waals surface area contributed by atoms with E-state index in [-0.39, 0.29) is 24.1 Å². The minimum Gasteiger partial charge on any atom is -0.352 e. The van der Waals surface area contributed by atoms with Crippen LogP contribution in [0.4, 0.5) is 4.39 Å². The molecule has 6 heteroatoms. The first-order chi connectivity index (χ1) is 10.6. The van der Waals surface area contributed by atoms with Crippen molar-refractivity contribution < 1.29 is 14.0 Å². The van der Waals surface area contributed by atoms with E-state index in [4.69, 9.17) is 0 Å². The van der Waals surface area contributed by atoms with Crippen LogP contribution in [0.2, 0.25) is 0 Å². The molecule has 1 aromatic rings. The summed E-state index contributed by atoms with van der Waals surface area (Å²) < 4.78 is 12.8. The highest BCUT2D eigenvalue weighted by atomic mass is 32.2. The van der Waals surface area contributed by atoms with Gasteiger partial charge < -0.3 is 10.2 Å². The molecule has 0 aliphatic carbocycles. The molecule has 1 fully saturated rings. The highest BCUT2D eigenvalue weighted by molar-refractivity contribution is 7.99. The van der Waals surface area contributed by atoms with Crippen molar-refractivity contribution in [3.63, 3.8) is 0 Å². The van der Waals surface area contributed by atoms with Gasteiger partial charge in [0.25, 0.3) is 5.91 Å². The Labute approximate surface area is 134 Å². The van der Waals surface area contributed by atoms with E-state index in [2.05, 4.69) is 5.32 Å². The summed E-state index contributed by atoms with van der Waals surface area (Å²) in [5.41, 5.74) is 0.395. The lowest BCUT2D eigenvalue weighted by Gasteiger charge is -2.31. The summed E-state index contributed by atoms with van der Waals surface area (Å²) in [6.07, 6.45) is 2.36. The molecule has 120 valence electrons. The Bertz CT molecular complexity index is 515. The summed E-state index contributed by atoms with van der Waals surface area (Å²) in [5.74, 6) is 1.59. The lowest BCUT2D eigenvalue weighted by molar-refractivity contribution is -0.131. The fraction of sp³-hybridized carbons (Fsp3) is 0.500. The highest BCUT2D eigenvalue weighted by Gasteiger charge is 2.21. The van der Waals surface area contributed by atoms with Crippen LogP contribution in [0.5, 0.6) is 0 Å². The van der Waals surface area contributed by atoms with Gasteiger partial charge in [-0.1, -0.05) is 0 Å². The number of carbonyl (C=O) groups is 2. The summed E-state index contributed by atoms with van der Waals surface area (Å²) >= 11 is 1.93. The molecular weight excluding hydrogens is 303 g/mol. The molecule has 1 aliphatic heterocycles. The number of thioether (sulfide) groups is 1. The summed E-state index contributed by atoms with van der Waals surface area (Å²) in [4.78, 5) is 25.8. The first-order valence-electron chi connectivity index (χ1n) is 7.45. The zero-order chi connectivity index (χ0) is 15.9. The Hall–Kier alpha value is -1.56. The number of halogens is 1. The number of rotatable bonds is 5. The second-order valence-corrected chi connectivity index (χ2v) is 6.59. The molecule has 0 saturated carbocycles. The van der Waals surface area contributed by atoms with Crippen molar-refractivity contribution in [3.05, 3.63) is 35.6 Å². The van der Waals surface area contributed by atoms with Gasteiger partial charge in [0.1, 0.15) is 5.82 Å². The van der Waals surface area contributed by atoms with Crippen LogP contribution < -0.4 is 5.32 Å². The van der Waals surface area contributed by atoms with E-state index in [0.717, 1.165) is 24.3 Å². The molecule has 2 amide bonds. The highest BCUT2D eigenvalue weighted by Crippen LogP contribution is 2.21. The van der Waals surface area contributed by atoms with Gasteiger partial charge in [-0.15, -0.1) is 0 Å². The number of carbonyl (C=O) groups excluding carboxylic acids is 2. The number of benzene rings is 1. The molecule has 0 radical (unpaired) electrons.